The monoisotopic (exact) mass is 545 g/mol. The van der Waals surface area contributed by atoms with Crippen LogP contribution in [0.15, 0.2) is 59.8 Å². The Hall–Kier alpha value is -3.71. The number of rotatable bonds is 10. The standard InChI is InChI=1S/C21H20Cl2F3N7O3/c22-16(23)6-10-33-12-17(30-18(33)19(34)28-7-1-9-32-11-8-27-13-32)31-20(35)29-14-2-4-15(5-3-14)36-21(24,25)26/h2-6,8,11-13H,1,7,9-10H2,(H,28,34)(H2,29,31,35). The van der Waals surface area contributed by atoms with Crippen molar-refractivity contribution in [1.82, 2.24) is 24.4 Å². The molecule has 10 nitrogen and oxygen atoms in total. The van der Waals surface area contributed by atoms with Gasteiger partial charge in [0.2, 0.25) is 5.82 Å². The minimum Gasteiger partial charge on any atom is -0.406 e. The molecule has 15 heteroatoms. The summed E-state index contributed by atoms with van der Waals surface area (Å²) in [5.41, 5.74) is 0.203. The summed E-state index contributed by atoms with van der Waals surface area (Å²) in [6.07, 6.45) is 3.82. The average Bonchev–Trinajstić information content (AvgIpc) is 3.45. The molecule has 0 atom stereocenters. The molecule has 3 N–H and O–H groups in total. The molecule has 0 aliphatic heterocycles. The highest BCUT2D eigenvalue weighted by atomic mass is 35.5. The van der Waals surface area contributed by atoms with Crippen LogP contribution in [0, 0.1) is 0 Å². The first kappa shape index (κ1) is 26.9. The molecule has 0 aliphatic rings. The summed E-state index contributed by atoms with van der Waals surface area (Å²) in [4.78, 5) is 33.1. The van der Waals surface area contributed by atoms with E-state index in [0.717, 1.165) is 12.1 Å². The number of halogens is 5. The fraction of sp³-hybridized carbons (Fsp3) is 0.238. The predicted octanol–water partition coefficient (Wildman–Crippen LogP) is 4.76. The topological polar surface area (TPSA) is 115 Å². The third-order valence-electron chi connectivity index (χ3n) is 4.45. The lowest BCUT2D eigenvalue weighted by molar-refractivity contribution is -0.274. The molecule has 2 aromatic heterocycles. The van der Waals surface area contributed by atoms with E-state index in [4.69, 9.17) is 23.2 Å². The van der Waals surface area contributed by atoms with Crippen LogP contribution in [0.25, 0.3) is 0 Å². The van der Waals surface area contributed by atoms with Crippen LogP contribution in [0.1, 0.15) is 17.0 Å². The molecule has 0 unspecified atom stereocenters. The molecule has 36 heavy (non-hydrogen) atoms. The van der Waals surface area contributed by atoms with Gasteiger partial charge in [-0.25, -0.2) is 14.8 Å². The summed E-state index contributed by atoms with van der Waals surface area (Å²) >= 11 is 11.3. The number of ether oxygens (including phenoxy) is 1. The first-order valence-corrected chi connectivity index (χ1v) is 11.1. The molecule has 0 bridgehead atoms. The lowest BCUT2D eigenvalue weighted by Gasteiger charge is -2.10. The van der Waals surface area contributed by atoms with Gasteiger partial charge in [0.25, 0.3) is 5.91 Å². The summed E-state index contributed by atoms with van der Waals surface area (Å²) in [6.45, 7) is 1.14. The zero-order valence-corrected chi connectivity index (χ0v) is 19.9. The van der Waals surface area contributed by atoms with Crippen LogP contribution in [0.2, 0.25) is 0 Å². The summed E-state index contributed by atoms with van der Waals surface area (Å²) in [5, 5.41) is 7.66. The van der Waals surface area contributed by atoms with Crippen LogP contribution in [0.5, 0.6) is 5.75 Å². The molecular formula is C21H20Cl2F3N7O3. The number of nitrogens with zero attached hydrogens (tertiary/aromatic N) is 4. The zero-order chi connectivity index (χ0) is 26.1. The van der Waals surface area contributed by atoms with Crippen molar-refractivity contribution in [2.45, 2.75) is 25.9 Å². The molecular weight excluding hydrogens is 526 g/mol. The van der Waals surface area contributed by atoms with E-state index in [1.807, 2.05) is 10.8 Å². The smallest absolute Gasteiger partial charge is 0.406 e. The van der Waals surface area contributed by atoms with Gasteiger partial charge in [-0.2, -0.15) is 0 Å². The molecule has 192 valence electrons. The van der Waals surface area contributed by atoms with Gasteiger partial charge in [0.1, 0.15) is 10.2 Å². The molecule has 0 saturated heterocycles. The number of carbonyl (C=O) groups excluding carboxylic acids is 2. The van der Waals surface area contributed by atoms with Gasteiger partial charge in [-0.3, -0.25) is 10.1 Å². The minimum atomic E-state index is -4.82. The van der Waals surface area contributed by atoms with Crippen LogP contribution in [0.3, 0.4) is 0 Å². The number of allylic oxidation sites excluding steroid dienone is 1. The van der Waals surface area contributed by atoms with Crippen molar-refractivity contribution in [1.29, 1.82) is 0 Å². The lowest BCUT2D eigenvalue weighted by atomic mass is 10.3. The normalized spacial score (nSPS) is 11.0. The molecule has 2 heterocycles. The number of hydrogen-bond acceptors (Lipinski definition) is 5. The van der Waals surface area contributed by atoms with Crippen LogP contribution in [0.4, 0.5) is 29.5 Å². The molecule has 3 amide bonds. The second kappa shape index (κ2) is 12.3. The quantitative estimate of drug-likeness (QED) is 0.317. The third kappa shape index (κ3) is 8.82. The molecule has 0 radical (unpaired) electrons. The van der Waals surface area contributed by atoms with Crippen molar-refractivity contribution < 1.29 is 27.5 Å². The maximum atomic E-state index is 12.7. The van der Waals surface area contributed by atoms with Gasteiger partial charge in [0.15, 0.2) is 5.82 Å². The number of imidazole rings is 2. The molecule has 3 rings (SSSR count). The van der Waals surface area contributed by atoms with E-state index in [2.05, 4.69) is 30.7 Å². The Balaban J connectivity index is 1.60. The van der Waals surface area contributed by atoms with E-state index in [1.165, 1.54) is 29.0 Å². The van der Waals surface area contributed by atoms with Crippen LogP contribution >= 0.6 is 23.2 Å². The van der Waals surface area contributed by atoms with Crippen molar-refractivity contribution in [3.63, 3.8) is 0 Å². The largest absolute Gasteiger partial charge is 0.573 e. The Labute approximate surface area is 213 Å². The first-order valence-electron chi connectivity index (χ1n) is 10.3. The third-order valence-corrected chi connectivity index (χ3v) is 4.76. The summed E-state index contributed by atoms with van der Waals surface area (Å²) < 4.78 is 43.9. The molecule has 0 fully saturated rings. The van der Waals surface area contributed by atoms with E-state index in [9.17, 15) is 22.8 Å². The average molecular weight is 546 g/mol. The van der Waals surface area contributed by atoms with Crippen molar-refractivity contribution in [2.24, 2.45) is 0 Å². The van der Waals surface area contributed by atoms with Gasteiger partial charge in [-0.1, -0.05) is 23.2 Å². The fourth-order valence-electron chi connectivity index (χ4n) is 2.94. The number of nitrogens with one attached hydrogen (secondary N) is 3. The maximum Gasteiger partial charge on any atom is 0.573 e. The summed E-state index contributed by atoms with van der Waals surface area (Å²) in [5.74, 6) is -0.855. The van der Waals surface area contributed by atoms with Gasteiger partial charge in [0, 0.05) is 43.9 Å². The molecule has 0 spiro atoms. The van der Waals surface area contributed by atoms with Crippen LogP contribution in [-0.4, -0.2) is 43.9 Å². The maximum absolute atomic E-state index is 12.7. The number of benzene rings is 1. The van der Waals surface area contributed by atoms with Crippen molar-refractivity contribution in [2.75, 3.05) is 17.2 Å². The predicted molar refractivity (Wildman–Crippen MR) is 127 cm³/mol. The van der Waals surface area contributed by atoms with E-state index < -0.39 is 24.1 Å². The number of carbonyl (C=O) groups is 2. The number of aryl methyl sites for hydroxylation is 1. The minimum absolute atomic E-state index is 0.00687. The Bertz CT molecular complexity index is 1190. The van der Waals surface area contributed by atoms with Crippen molar-refractivity contribution in [3.05, 3.63) is 65.6 Å². The Morgan fingerprint density at radius 3 is 2.53 bits per heavy atom. The zero-order valence-electron chi connectivity index (χ0n) is 18.4. The van der Waals surface area contributed by atoms with Crippen LogP contribution < -0.4 is 20.7 Å². The number of anilines is 2. The van der Waals surface area contributed by atoms with Gasteiger partial charge in [-0.05, 0) is 36.8 Å². The number of amides is 3. The second-order valence-electron chi connectivity index (χ2n) is 7.16. The molecule has 3 aromatic rings. The van der Waals surface area contributed by atoms with E-state index in [0.29, 0.717) is 19.5 Å². The van der Waals surface area contributed by atoms with Gasteiger partial charge in [0.05, 0.1) is 6.33 Å². The first-order chi connectivity index (χ1) is 17.1. The fourth-order valence-corrected chi connectivity index (χ4v) is 3.08. The summed E-state index contributed by atoms with van der Waals surface area (Å²) in [7, 11) is 0. The van der Waals surface area contributed by atoms with E-state index >= 15 is 0 Å². The van der Waals surface area contributed by atoms with Gasteiger partial charge >= 0.3 is 12.4 Å². The Kier molecular flexibility index (Phi) is 9.19. The SMILES string of the molecule is O=C(Nc1ccc(OC(F)(F)F)cc1)Nc1cn(CC=C(Cl)Cl)c(C(=O)NCCCn2ccnc2)n1. The van der Waals surface area contributed by atoms with E-state index in [-0.39, 0.29) is 28.4 Å². The van der Waals surface area contributed by atoms with Gasteiger partial charge < -0.3 is 24.5 Å². The Morgan fingerprint density at radius 1 is 1.14 bits per heavy atom. The summed E-state index contributed by atoms with van der Waals surface area (Å²) in [6, 6.07) is 3.83. The number of urea groups is 1. The molecule has 0 saturated carbocycles. The molecule has 0 aliphatic carbocycles. The highest BCUT2D eigenvalue weighted by Gasteiger charge is 2.31. The lowest BCUT2D eigenvalue weighted by Crippen LogP contribution is -2.28. The highest BCUT2D eigenvalue weighted by Crippen LogP contribution is 2.24. The van der Waals surface area contributed by atoms with Gasteiger partial charge in [-0.15, -0.1) is 13.2 Å². The van der Waals surface area contributed by atoms with Crippen LogP contribution in [-0.2, 0) is 13.1 Å². The number of hydrogen-bond donors (Lipinski definition) is 3. The van der Waals surface area contributed by atoms with E-state index in [1.54, 1.807) is 12.5 Å². The van der Waals surface area contributed by atoms with Crippen molar-refractivity contribution >= 4 is 46.6 Å². The number of aromatic nitrogens is 4. The second-order valence-corrected chi connectivity index (χ2v) is 8.17. The molecule has 1 aromatic carbocycles. The number of alkyl halides is 3. The highest BCUT2D eigenvalue weighted by molar-refractivity contribution is 6.55. The Morgan fingerprint density at radius 2 is 1.89 bits per heavy atom. The van der Waals surface area contributed by atoms with Crippen molar-refractivity contribution in [3.8, 4) is 5.75 Å².